The third-order valence-corrected chi connectivity index (χ3v) is 11.5. The van der Waals surface area contributed by atoms with E-state index < -0.39 is 0 Å². The van der Waals surface area contributed by atoms with Crippen LogP contribution in [0.4, 0.5) is 0 Å². The molecule has 0 spiro atoms. The number of ether oxygens (including phenoxy) is 1. The summed E-state index contributed by atoms with van der Waals surface area (Å²) in [7, 11) is 3.69. The second kappa shape index (κ2) is 33.7. The zero-order valence-corrected chi connectivity index (χ0v) is 28.0. The Kier molecular flexibility index (Phi) is 36.5. The summed E-state index contributed by atoms with van der Waals surface area (Å²) in [4.78, 5) is 10.4. The van der Waals surface area contributed by atoms with Gasteiger partial charge in [-0.1, -0.05) is 60.8 Å². The summed E-state index contributed by atoms with van der Waals surface area (Å²) in [5.74, 6) is 1.82. The number of carbonyl (C=O) groups is 1. The SMILES string of the molecule is C1=CSSC1.CC(=O)OCCCCCC(C)C.CCCCCCC[CH2][Sn][CH2]CCCCCCC. The number of esters is 1. The van der Waals surface area contributed by atoms with Gasteiger partial charge in [0.1, 0.15) is 0 Å². The fourth-order valence-corrected chi connectivity index (χ4v) is 8.57. The molecule has 0 N–H and O–H groups in total. The molecule has 0 amide bonds. The van der Waals surface area contributed by atoms with E-state index in [2.05, 4.69) is 39.2 Å². The van der Waals surface area contributed by atoms with E-state index >= 15 is 0 Å². The Hall–Kier alpha value is 0.709. The van der Waals surface area contributed by atoms with Crippen LogP contribution in [0.25, 0.3) is 0 Å². The van der Waals surface area contributed by atoms with Crippen molar-refractivity contribution in [2.75, 3.05) is 12.4 Å². The molecule has 1 aliphatic rings. The maximum absolute atomic E-state index is 10.4. The van der Waals surface area contributed by atoms with Crippen molar-refractivity contribution in [3.63, 3.8) is 0 Å². The molecule has 0 aliphatic carbocycles. The molecule has 5 heteroatoms. The van der Waals surface area contributed by atoms with Gasteiger partial charge in [0.25, 0.3) is 0 Å². The summed E-state index contributed by atoms with van der Waals surface area (Å²) in [5.41, 5.74) is 0. The molecule has 1 heterocycles. The van der Waals surface area contributed by atoms with Crippen molar-refractivity contribution in [2.45, 2.75) is 146 Å². The van der Waals surface area contributed by atoms with E-state index in [1.807, 2.05) is 21.6 Å². The van der Waals surface area contributed by atoms with Gasteiger partial charge in [-0.05, 0) is 17.7 Å². The van der Waals surface area contributed by atoms with E-state index in [4.69, 9.17) is 4.74 Å². The Morgan fingerprint density at radius 3 is 1.76 bits per heavy atom. The first-order chi connectivity index (χ1) is 16.5. The molecule has 0 aromatic rings. The van der Waals surface area contributed by atoms with E-state index in [-0.39, 0.29) is 27.1 Å². The third kappa shape index (κ3) is 39.9. The minimum atomic E-state index is -0.168. The summed E-state index contributed by atoms with van der Waals surface area (Å²) in [6.45, 7) is 11.1. The van der Waals surface area contributed by atoms with Crippen LogP contribution in [0.5, 0.6) is 0 Å². The summed E-state index contributed by atoms with van der Waals surface area (Å²) in [6.07, 6.45) is 24.7. The van der Waals surface area contributed by atoms with E-state index in [0.29, 0.717) is 6.61 Å². The molecule has 0 saturated heterocycles. The third-order valence-electron chi connectivity index (χ3n) is 5.53. The standard InChI is InChI=1S/C10H20O2.2C8H17.C3H4S2.Sn/c1-9(2)7-5-4-6-8-12-10(3)11;2*1-3-5-7-8-6-4-2;1-2-4-5-3-1;/h9H,4-8H2,1-3H3;2*1,3-8H2,2H3;1-2H,3H2;. The second-order valence-corrected chi connectivity index (χ2v) is 16.2. The predicted molar refractivity (Wildman–Crippen MR) is 161 cm³/mol. The molecule has 1 aliphatic heterocycles. The zero-order chi connectivity index (χ0) is 25.5. The van der Waals surface area contributed by atoms with Gasteiger partial charge in [0, 0.05) is 12.7 Å². The van der Waals surface area contributed by atoms with E-state index in [0.717, 1.165) is 12.3 Å². The van der Waals surface area contributed by atoms with Gasteiger partial charge in [0.15, 0.2) is 0 Å². The first-order valence-electron chi connectivity index (χ1n) is 14.3. The van der Waals surface area contributed by atoms with Crippen LogP contribution in [0, 0.1) is 5.92 Å². The van der Waals surface area contributed by atoms with Crippen LogP contribution in [0.1, 0.15) is 137 Å². The number of carbonyl (C=O) groups excluding carboxylic acids is 1. The molecule has 1 rings (SSSR count). The summed E-state index contributed by atoms with van der Waals surface area (Å²) in [5, 5.41) is 2.12. The number of rotatable bonds is 20. The van der Waals surface area contributed by atoms with Crippen molar-refractivity contribution in [1.82, 2.24) is 0 Å². The summed E-state index contributed by atoms with van der Waals surface area (Å²) in [6, 6.07) is 0. The van der Waals surface area contributed by atoms with Gasteiger partial charge in [0.2, 0.25) is 0 Å². The van der Waals surface area contributed by atoms with Crippen LogP contribution in [-0.2, 0) is 9.53 Å². The molecular formula is C29H58O2S2Sn. The van der Waals surface area contributed by atoms with Gasteiger partial charge in [-0.25, -0.2) is 0 Å². The minimum absolute atomic E-state index is 0.0736. The van der Waals surface area contributed by atoms with Crippen molar-refractivity contribution in [3.05, 3.63) is 11.5 Å². The fraction of sp³-hybridized carbons (Fsp3) is 0.897. The van der Waals surface area contributed by atoms with E-state index in [1.165, 1.54) is 96.1 Å². The monoisotopic (exact) mass is 622 g/mol. The molecule has 202 valence electrons. The quantitative estimate of drug-likeness (QED) is 0.0585. The van der Waals surface area contributed by atoms with Crippen molar-refractivity contribution < 1.29 is 9.53 Å². The van der Waals surface area contributed by atoms with E-state index in [9.17, 15) is 4.79 Å². The van der Waals surface area contributed by atoms with Gasteiger partial charge in [-0.2, -0.15) is 0 Å². The molecule has 0 aromatic heterocycles. The Bertz CT molecular complexity index is 397. The average molecular weight is 622 g/mol. The molecule has 0 bridgehead atoms. The molecule has 0 fully saturated rings. The van der Waals surface area contributed by atoms with Crippen molar-refractivity contribution in [3.8, 4) is 0 Å². The van der Waals surface area contributed by atoms with Crippen LogP contribution in [-0.4, -0.2) is 39.5 Å². The molecule has 0 atom stereocenters. The van der Waals surface area contributed by atoms with Crippen molar-refractivity contribution >= 4 is 48.7 Å². The average Bonchev–Trinajstić information content (AvgIpc) is 3.40. The van der Waals surface area contributed by atoms with Crippen molar-refractivity contribution in [1.29, 1.82) is 0 Å². The summed E-state index contributed by atoms with van der Waals surface area (Å²) < 4.78 is 8.12. The molecule has 34 heavy (non-hydrogen) atoms. The Morgan fingerprint density at radius 2 is 1.35 bits per heavy atom. The van der Waals surface area contributed by atoms with E-state index in [1.54, 1.807) is 21.7 Å². The molecular weight excluding hydrogens is 563 g/mol. The maximum atomic E-state index is 10.4. The topological polar surface area (TPSA) is 26.3 Å². The van der Waals surface area contributed by atoms with Crippen molar-refractivity contribution in [2.24, 2.45) is 5.92 Å². The van der Waals surface area contributed by atoms with Gasteiger partial charge < -0.3 is 4.74 Å². The Labute approximate surface area is 233 Å². The van der Waals surface area contributed by atoms with Crippen LogP contribution in [0.3, 0.4) is 0 Å². The van der Waals surface area contributed by atoms with Crippen LogP contribution in [0.15, 0.2) is 11.5 Å². The first-order valence-corrected chi connectivity index (χ1v) is 20.7. The number of hydrogen-bond acceptors (Lipinski definition) is 4. The zero-order valence-electron chi connectivity index (χ0n) is 23.5. The fourth-order valence-electron chi connectivity index (χ4n) is 3.43. The van der Waals surface area contributed by atoms with Gasteiger partial charge >= 0.3 is 127 Å². The summed E-state index contributed by atoms with van der Waals surface area (Å²) >= 11 is 0.0736. The predicted octanol–water partition coefficient (Wildman–Crippen LogP) is 10.9. The molecule has 2 nitrogen and oxygen atoms in total. The molecule has 0 aromatic carbocycles. The molecule has 2 radical (unpaired) electrons. The first kappa shape index (κ1) is 36.9. The number of hydrogen-bond donors (Lipinski definition) is 0. The second-order valence-electron chi connectivity index (χ2n) is 9.62. The normalized spacial score (nSPS) is 12.2. The van der Waals surface area contributed by atoms with Crippen LogP contribution >= 0.6 is 21.6 Å². The van der Waals surface area contributed by atoms with Gasteiger partial charge in [0.05, 0.1) is 6.61 Å². The molecule has 0 saturated carbocycles. The number of unbranched alkanes of at least 4 members (excludes halogenated alkanes) is 12. The Balaban J connectivity index is 0. The van der Waals surface area contributed by atoms with Crippen LogP contribution in [0.2, 0.25) is 8.87 Å². The van der Waals surface area contributed by atoms with Gasteiger partial charge in [-0.3, -0.25) is 4.79 Å². The van der Waals surface area contributed by atoms with Gasteiger partial charge in [-0.15, -0.1) is 0 Å². The Morgan fingerprint density at radius 1 is 0.824 bits per heavy atom. The molecule has 0 unspecified atom stereocenters. The van der Waals surface area contributed by atoms with Crippen LogP contribution < -0.4 is 0 Å².